The van der Waals surface area contributed by atoms with Crippen molar-refractivity contribution in [3.8, 4) is 0 Å². The highest BCUT2D eigenvalue weighted by Crippen LogP contribution is 2.51. The second-order valence-corrected chi connectivity index (χ2v) is 7.75. The van der Waals surface area contributed by atoms with E-state index in [4.69, 9.17) is 0 Å². The minimum atomic E-state index is 0.346. The van der Waals surface area contributed by atoms with Gasteiger partial charge in [0.2, 0.25) is 5.91 Å². The van der Waals surface area contributed by atoms with Crippen LogP contribution in [-0.2, 0) is 4.79 Å². The van der Waals surface area contributed by atoms with Gasteiger partial charge in [0.15, 0.2) is 0 Å². The zero-order valence-electron chi connectivity index (χ0n) is 12.7. The molecule has 3 saturated carbocycles. The van der Waals surface area contributed by atoms with Crippen molar-refractivity contribution in [2.75, 3.05) is 6.54 Å². The molecule has 20 heavy (non-hydrogen) atoms. The number of rotatable bonds is 3. The lowest BCUT2D eigenvalue weighted by atomic mass is 9.83. The number of amides is 1. The molecule has 1 amide bonds. The summed E-state index contributed by atoms with van der Waals surface area (Å²) < 4.78 is 0. The molecule has 1 aliphatic heterocycles. The Kier molecular flexibility index (Phi) is 3.29. The van der Waals surface area contributed by atoms with Gasteiger partial charge in [-0.1, -0.05) is 19.3 Å². The number of carbonyl (C=O) groups excluding carboxylic acids is 1. The number of hydrogen-bond donors (Lipinski definition) is 1. The van der Waals surface area contributed by atoms with E-state index in [0.29, 0.717) is 30.6 Å². The Morgan fingerprint density at radius 1 is 1.10 bits per heavy atom. The molecule has 0 spiro atoms. The number of hydrogen-bond acceptors (Lipinski definition) is 2. The first kappa shape index (κ1) is 13.1. The Morgan fingerprint density at radius 3 is 2.55 bits per heavy atom. The zero-order valence-corrected chi connectivity index (χ0v) is 12.7. The molecule has 4 aliphatic rings. The highest BCUT2D eigenvalue weighted by molar-refractivity contribution is 5.81. The molecule has 0 aromatic heterocycles. The van der Waals surface area contributed by atoms with Crippen LogP contribution in [0.25, 0.3) is 0 Å². The first-order valence-electron chi connectivity index (χ1n) is 8.78. The van der Waals surface area contributed by atoms with Crippen LogP contribution in [0.5, 0.6) is 0 Å². The highest BCUT2D eigenvalue weighted by atomic mass is 16.2. The van der Waals surface area contributed by atoms with Crippen molar-refractivity contribution in [1.29, 1.82) is 0 Å². The van der Waals surface area contributed by atoms with Gasteiger partial charge in [-0.05, 0) is 62.7 Å². The summed E-state index contributed by atoms with van der Waals surface area (Å²) >= 11 is 0. The molecule has 3 aliphatic carbocycles. The third-order valence-corrected chi connectivity index (χ3v) is 6.75. The van der Waals surface area contributed by atoms with Gasteiger partial charge < -0.3 is 4.90 Å². The van der Waals surface area contributed by atoms with Crippen molar-refractivity contribution in [3.05, 3.63) is 0 Å². The Labute approximate surface area is 122 Å². The molecule has 0 aromatic carbocycles. The van der Waals surface area contributed by atoms with E-state index in [1.165, 1.54) is 51.4 Å². The largest absolute Gasteiger partial charge is 0.323 e. The first-order chi connectivity index (χ1) is 9.74. The van der Waals surface area contributed by atoms with Crippen LogP contribution in [0, 0.1) is 23.7 Å². The highest BCUT2D eigenvalue weighted by Gasteiger charge is 2.47. The molecule has 2 bridgehead atoms. The van der Waals surface area contributed by atoms with E-state index < -0.39 is 0 Å². The molecule has 1 N–H and O–H groups in total. The summed E-state index contributed by atoms with van der Waals surface area (Å²) in [4.78, 5) is 14.7. The van der Waals surface area contributed by atoms with E-state index in [0.717, 1.165) is 17.8 Å². The fourth-order valence-corrected chi connectivity index (χ4v) is 5.78. The molecule has 4 fully saturated rings. The number of nitrogens with zero attached hydrogens (tertiary/aromatic N) is 1. The SMILES string of the molecule is CC(C1CC2CCC1C2)N1C(=O)CNC1C1CCCC1. The van der Waals surface area contributed by atoms with Crippen molar-refractivity contribution in [3.63, 3.8) is 0 Å². The third kappa shape index (κ3) is 2.01. The van der Waals surface area contributed by atoms with Gasteiger partial charge in [-0.3, -0.25) is 10.1 Å². The Hall–Kier alpha value is -0.570. The molecule has 1 heterocycles. The summed E-state index contributed by atoms with van der Waals surface area (Å²) in [6.45, 7) is 2.91. The minimum Gasteiger partial charge on any atom is -0.323 e. The topological polar surface area (TPSA) is 32.3 Å². The predicted molar refractivity (Wildman–Crippen MR) is 79.0 cm³/mol. The van der Waals surface area contributed by atoms with Crippen LogP contribution < -0.4 is 5.32 Å². The molecule has 112 valence electrons. The normalized spacial score (nSPS) is 42.9. The van der Waals surface area contributed by atoms with Gasteiger partial charge >= 0.3 is 0 Å². The summed E-state index contributed by atoms with van der Waals surface area (Å²) in [5.41, 5.74) is 0. The van der Waals surface area contributed by atoms with Gasteiger partial charge in [0, 0.05) is 6.04 Å². The van der Waals surface area contributed by atoms with E-state index in [1.54, 1.807) is 0 Å². The van der Waals surface area contributed by atoms with Crippen molar-refractivity contribution < 1.29 is 4.79 Å². The van der Waals surface area contributed by atoms with Crippen LogP contribution >= 0.6 is 0 Å². The molecular formula is C17H28N2O. The van der Waals surface area contributed by atoms with Crippen molar-refractivity contribution in [1.82, 2.24) is 10.2 Å². The molecular weight excluding hydrogens is 248 g/mol. The molecule has 5 atom stereocenters. The Bertz CT molecular complexity index is 390. The van der Waals surface area contributed by atoms with Crippen LogP contribution in [0.3, 0.4) is 0 Å². The van der Waals surface area contributed by atoms with E-state index in [-0.39, 0.29) is 0 Å². The van der Waals surface area contributed by atoms with E-state index in [2.05, 4.69) is 17.1 Å². The average Bonchev–Trinajstić information content (AvgIpc) is 3.21. The second-order valence-electron chi connectivity index (χ2n) is 7.75. The lowest BCUT2D eigenvalue weighted by molar-refractivity contribution is -0.132. The second kappa shape index (κ2) is 5.01. The molecule has 3 nitrogen and oxygen atoms in total. The maximum atomic E-state index is 12.4. The summed E-state index contributed by atoms with van der Waals surface area (Å²) in [6.07, 6.45) is 11.4. The molecule has 3 heteroatoms. The number of nitrogens with one attached hydrogen (secondary N) is 1. The number of carbonyl (C=O) groups is 1. The van der Waals surface area contributed by atoms with Crippen molar-refractivity contribution in [2.45, 2.75) is 70.5 Å². The maximum Gasteiger partial charge on any atom is 0.238 e. The van der Waals surface area contributed by atoms with Gasteiger partial charge in [-0.2, -0.15) is 0 Å². The summed E-state index contributed by atoms with van der Waals surface area (Å²) in [6, 6.07) is 0.457. The quantitative estimate of drug-likeness (QED) is 0.859. The zero-order chi connectivity index (χ0) is 13.7. The Balaban J connectivity index is 1.50. The van der Waals surface area contributed by atoms with Crippen LogP contribution in [0.4, 0.5) is 0 Å². The van der Waals surface area contributed by atoms with Gasteiger partial charge in [0.05, 0.1) is 12.7 Å². The molecule has 4 rings (SSSR count). The maximum absolute atomic E-state index is 12.4. The van der Waals surface area contributed by atoms with Crippen molar-refractivity contribution >= 4 is 5.91 Å². The van der Waals surface area contributed by atoms with Gasteiger partial charge in [0.1, 0.15) is 0 Å². The van der Waals surface area contributed by atoms with E-state index >= 15 is 0 Å². The molecule has 5 unspecified atom stereocenters. The average molecular weight is 276 g/mol. The standard InChI is InChI=1S/C17H28N2O/c1-11(15-9-12-6-7-14(15)8-12)19-16(20)10-18-17(19)13-4-2-3-5-13/h11-15,17-18H,2-10H2,1H3. The van der Waals surface area contributed by atoms with Gasteiger partial charge in [-0.15, -0.1) is 0 Å². The monoisotopic (exact) mass is 276 g/mol. The fourth-order valence-electron chi connectivity index (χ4n) is 5.78. The van der Waals surface area contributed by atoms with Crippen LogP contribution in [0.1, 0.15) is 58.3 Å². The lowest BCUT2D eigenvalue weighted by Crippen LogP contribution is -2.50. The van der Waals surface area contributed by atoms with Gasteiger partial charge in [-0.25, -0.2) is 0 Å². The van der Waals surface area contributed by atoms with Crippen LogP contribution in [-0.4, -0.2) is 29.6 Å². The lowest BCUT2D eigenvalue weighted by Gasteiger charge is -2.39. The first-order valence-corrected chi connectivity index (χ1v) is 8.78. The predicted octanol–water partition coefficient (Wildman–Crippen LogP) is 2.76. The summed E-state index contributed by atoms with van der Waals surface area (Å²) in [5, 5.41) is 3.52. The summed E-state index contributed by atoms with van der Waals surface area (Å²) in [5.74, 6) is 3.73. The smallest absolute Gasteiger partial charge is 0.238 e. The van der Waals surface area contributed by atoms with Crippen LogP contribution in [0.15, 0.2) is 0 Å². The minimum absolute atomic E-state index is 0.346. The molecule has 0 aromatic rings. The van der Waals surface area contributed by atoms with Gasteiger partial charge in [0.25, 0.3) is 0 Å². The van der Waals surface area contributed by atoms with Crippen molar-refractivity contribution in [2.24, 2.45) is 23.7 Å². The third-order valence-electron chi connectivity index (χ3n) is 6.75. The fraction of sp³-hybridized carbons (Fsp3) is 0.941. The summed E-state index contributed by atoms with van der Waals surface area (Å²) in [7, 11) is 0. The van der Waals surface area contributed by atoms with E-state index in [9.17, 15) is 4.79 Å². The molecule has 0 radical (unpaired) electrons. The molecule has 1 saturated heterocycles. The van der Waals surface area contributed by atoms with E-state index in [1.807, 2.05) is 0 Å². The Morgan fingerprint density at radius 2 is 1.90 bits per heavy atom. The number of fused-ring (bicyclic) bond motifs is 2. The van der Waals surface area contributed by atoms with Crippen LogP contribution in [0.2, 0.25) is 0 Å².